The van der Waals surface area contributed by atoms with Crippen molar-refractivity contribution in [1.29, 1.82) is 0 Å². The molecule has 26 heavy (non-hydrogen) atoms. The van der Waals surface area contributed by atoms with E-state index in [2.05, 4.69) is 15.5 Å². The molecule has 0 aliphatic heterocycles. The van der Waals surface area contributed by atoms with Crippen molar-refractivity contribution in [2.75, 3.05) is 12.4 Å². The highest BCUT2D eigenvalue weighted by Crippen LogP contribution is 2.20. The predicted molar refractivity (Wildman–Crippen MR) is 94.3 cm³/mol. The van der Waals surface area contributed by atoms with Gasteiger partial charge in [0.1, 0.15) is 11.3 Å². The van der Waals surface area contributed by atoms with Crippen LogP contribution in [-0.4, -0.2) is 23.2 Å². The topological polar surface area (TPSA) is 90.4 Å². The van der Waals surface area contributed by atoms with Crippen LogP contribution in [0.3, 0.4) is 0 Å². The average Bonchev–Trinajstić information content (AvgIpc) is 3.29. The van der Waals surface area contributed by atoms with Crippen LogP contribution in [0, 0.1) is 0 Å². The molecular formula is C19H15N3O4. The van der Waals surface area contributed by atoms with E-state index in [0.29, 0.717) is 17.9 Å². The summed E-state index contributed by atoms with van der Waals surface area (Å²) in [4.78, 5) is 12.3. The average molecular weight is 349 g/mol. The summed E-state index contributed by atoms with van der Waals surface area (Å²) in [7, 11) is 1.62. The first-order valence-corrected chi connectivity index (χ1v) is 7.96. The second-order valence-electron chi connectivity index (χ2n) is 5.63. The molecule has 4 rings (SSSR count). The second kappa shape index (κ2) is 6.72. The van der Waals surface area contributed by atoms with Crippen molar-refractivity contribution in [3.05, 3.63) is 71.8 Å². The number of nitrogens with one attached hydrogen (secondary N) is 1. The normalized spacial score (nSPS) is 10.8. The molecule has 0 fully saturated rings. The molecule has 1 N–H and O–H groups in total. The Balaban J connectivity index is 1.44. The third kappa shape index (κ3) is 3.27. The van der Waals surface area contributed by atoms with Crippen molar-refractivity contribution in [1.82, 2.24) is 10.2 Å². The van der Waals surface area contributed by atoms with Gasteiger partial charge in [0.05, 0.1) is 13.5 Å². The minimum Gasteiger partial charge on any atom is -0.497 e. The Bertz CT molecular complexity index is 1020. The van der Waals surface area contributed by atoms with Gasteiger partial charge >= 0.3 is 6.01 Å². The molecule has 0 aliphatic carbocycles. The van der Waals surface area contributed by atoms with Crippen LogP contribution in [-0.2, 0) is 6.42 Å². The van der Waals surface area contributed by atoms with E-state index in [1.165, 1.54) is 0 Å². The summed E-state index contributed by atoms with van der Waals surface area (Å²) >= 11 is 0. The fraction of sp³-hybridized carbons (Fsp3) is 0.105. The number of carbonyl (C=O) groups is 1. The van der Waals surface area contributed by atoms with Gasteiger partial charge in [-0.15, -0.1) is 5.10 Å². The number of aromatic nitrogens is 2. The van der Waals surface area contributed by atoms with Crippen molar-refractivity contribution in [3.63, 3.8) is 0 Å². The van der Waals surface area contributed by atoms with E-state index in [4.69, 9.17) is 13.6 Å². The first-order valence-electron chi connectivity index (χ1n) is 7.96. The van der Waals surface area contributed by atoms with Crippen LogP contribution in [0.15, 0.2) is 63.4 Å². The molecule has 0 atom stereocenters. The van der Waals surface area contributed by atoms with Gasteiger partial charge in [0.25, 0.3) is 5.91 Å². The predicted octanol–water partition coefficient (Wildman–Crippen LogP) is 3.67. The van der Waals surface area contributed by atoms with Crippen LogP contribution in [0.1, 0.15) is 22.0 Å². The maximum absolute atomic E-state index is 12.3. The molecule has 0 saturated heterocycles. The number of nitrogens with zero attached hydrogens (tertiary/aromatic N) is 2. The van der Waals surface area contributed by atoms with Crippen LogP contribution < -0.4 is 10.1 Å². The smallest absolute Gasteiger partial charge is 0.322 e. The maximum Gasteiger partial charge on any atom is 0.322 e. The van der Waals surface area contributed by atoms with E-state index < -0.39 is 5.91 Å². The van der Waals surface area contributed by atoms with E-state index in [1.807, 2.05) is 42.5 Å². The van der Waals surface area contributed by atoms with E-state index in [9.17, 15) is 4.79 Å². The number of hydrogen-bond acceptors (Lipinski definition) is 6. The summed E-state index contributed by atoms with van der Waals surface area (Å²) in [5.41, 5.74) is 1.63. The highest BCUT2D eigenvalue weighted by molar-refractivity contribution is 6.03. The van der Waals surface area contributed by atoms with Gasteiger partial charge in [0, 0.05) is 5.39 Å². The number of ether oxygens (including phenoxy) is 1. The van der Waals surface area contributed by atoms with Crippen LogP contribution in [0.25, 0.3) is 11.0 Å². The summed E-state index contributed by atoms with van der Waals surface area (Å²) in [6, 6.07) is 16.6. The lowest BCUT2D eigenvalue weighted by atomic mass is 10.1. The summed E-state index contributed by atoms with van der Waals surface area (Å²) in [5, 5.41) is 11.2. The summed E-state index contributed by atoms with van der Waals surface area (Å²) in [5.74, 6) is 0.912. The molecule has 2 aromatic carbocycles. The molecule has 2 aromatic heterocycles. The molecule has 1 amide bonds. The highest BCUT2D eigenvalue weighted by Gasteiger charge is 2.16. The number of fused-ring (bicyclic) bond motifs is 1. The standard InChI is InChI=1S/C19H15N3O4/c1-24-14-8-6-12(7-9-14)10-17-21-22-19(26-17)20-18(23)16-11-13-4-2-3-5-15(13)25-16/h2-9,11H,10H2,1H3,(H,20,22,23). The zero-order chi connectivity index (χ0) is 17.9. The largest absolute Gasteiger partial charge is 0.497 e. The van der Waals surface area contributed by atoms with Crippen LogP contribution in [0.5, 0.6) is 5.75 Å². The van der Waals surface area contributed by atoms with Crippen LogP contribution in [0.2, 0.25) is 0 Å². The Morgan fingerprint density at radius 2 is 1.88 bits per heavy atom. The van der Waals surface area contributed by atoms with Crippen molar-refractivity contribution in [3.8, 4) is 5.75 Å². The SMILES string of the molecule is COc1ccc(Cc2nnc(NC(=O)c3cc4ccccc4o3)o2)cc1. The second-order valence-corrected chi connectivity index (χ2v) is 5.63. The number of anilines is 1. The minimum absolute atomic E-state index is 0.0268. The van der Waals surface area contributed by atoms with Crippen LogP contribution >= 0.6 is 0 Å². The monoisotopic (exact) mass is 349 g/mol. The van der Waals surface area contributed by atoms with Gasteiger partial charge in [0.15, 0.2) is 5.76 Å². The van der Waals surface area contributed by atoms with Crippen molar-refractivity contribution < 1.29 is 18.4 Å². The molecule has 0 radical (unpaired) electrons. The van der Waals surface area contributed by atoms with E-state index in [-0.39, 0.29) is 11.8 Å². The Labute approximate surface area is 148 Å². The Morgan fingerprint density at radius 1 is 1.08 bits per heavy atom. The highest BCUT2D eigenvalue weighted by atomic mass is 16.5. The van der Waals surface area contributed by atoms with Gasteiger partial charge < -0.3 is 13.6 Å². The maximum atomic E-state index is 12.3. The van der Waals surface area contributed by atoms with E-state index in [0.717, 1.165) is 16.7 Å². The molecule has 0 unspecified atom stereocenters. The van der Waals surface area contributed by atoms with Crippen LogP contribution in [0.4, 0.5) is 6.01 Å². The number of methoxy groups -OCH3 is 1. The quantitative estimate of drug-likeness (QED) is 0.591. The molecule has 7 nitrogen and oxygen atoms in total. The molecule has 0 spiro atoms. The lowest BCUT2D eigenvalue weighted by Crippen LogP contribution is -2.10. The molecule has 7 heteroatoms. The van der Waals surface area contributed by atoms with Gasteiger partial charge in [-0.05, 0) is 29.8 Å². The molecule has 0 bridgehead atoms. The van der Waals surface area contributed by atoms with Crippen molar-refractivity contribution >= 4 is 22.9 Å². The molecule has 0 saturated carbocycles. The van der Waals surface area contributed by atoms with Gasteiger partial charge in [-0.1, -0.05) is 35.4 Å². The van der Waals surface area contributed by atoms with E-state index in [1.54, 1.807) is 19.2 Å². The van der Waals surface area contributed by atoms with Gasteiger partial charge in [-0.3, -0.25) is 10.1 Å². The number of amides is 1. The Kier molecular flexibility index (Phi) is 4.10. The fourth-order valence-corrected chi connectivity index (χ4v) is 2.55. The molecule has 130 valence electrons. The Morgan fingerprint density at radius 3 is 2.65 bits per heavy atom. The number of carbonyl (C=O) groups excluding carboxylic acids is 1. The van der Waals surface area contributed by atoms with Crippen molar-refractivity contribution in [2.24, 2.45) is 0 Å². The third-order valence-electron chi connectivity index (χ3n) is 3.85. The summed E-state index contributed by atoms with van der Waals surface area (Å²) in [6.07, 6.45) is 0.456. The molecule has 2 heterocycles. The number of rotatable bonds is 5. The fourth-order valence-electron chi connectivity index (χ4n) is 2.55. The van der Waals surface area contributed by atoms with Gasteiger partial charge in [-0.2, -0.15) is 0 Å². The number of benzene rings is 2. The van der Waals surface area contributed by atoms with E-state index >= 15 is 0 Å². The Hall–Kier alpha value is -3.61. The van der Waals surface area contributed by atoms with Gasteiger partial charge in [0.2, 0.25) is 5.89 Å². The van der Waals surface area contributed by atoms with Gasteiger partial charge in [-0.25, -0.2) is 0 Å². The molecular weight excluding hydrogens is 334 g/mol. The number of para-hydroxylation sites is 1. The lowest BCUT2D eigenvalue weighted by molar-refractivity contribution is 0.0995. The first kappa shape index (κ1) is 15.9. The zero-order valence-corrected chi connectivity index (χ0v) is 13.9. The summed E-state index contributed by atoms with van der Waals surface area (Å²) < 4.78 is 16.1. The molecule has 0 aliphatic rings. The zero-order valence-electron chi connectivity index (χ0n) is 13.9. The number of furan rings is 1. The first-order chi connectivity index (χ1) is 12.7. The number of hydrogen-bond donors (Lipinski definition) is 1. The molecule has 4 aromatic rings. The minimum atomic E-state index is -0.444. The van der Waals surface area contributed by atoms with Crippen molar-refractivity contribution in [2.45, 2.75) is 6.42 Å². The lowest BCUT2D eigenvalue weighted by Gasteiger charge is -2.00. The summed E-state index contributed by atoms with van der Waals surface area (Å²) in [6.45, 7) is 0. The third-order valence-corrected chi connectivity index (χ3v) is 3.85.